The number of alkyl halides is 3. The molecule has 10 heteroatoms. The predicted molar refractivity (Wildman–Crippen MR) is 130 cm³/mol. The highest BCUT2D eigenvalue weighted by Crippen LogP contribution is 2.66. The van der Waals surface area contributed by atoms with Gasteiger partial charge < -0.3 is 10.2 Å². The third-order valence-electron chi connectivity index (χ3n) is 7.02. The number of carbonyl (C=O) groups excluding carboxylic acids is 2. The van der Waals surface area contributed by atoms with Gasteiger partial charge in [0.15, 0.2) is 11.6 Å². The molecule has 3 rings (SSSR count). The largest absolute Gasteiger partial charge is 0.395 e. The second-order valence-electron chi connectivity index (χ2n) is 9.49. The summed E-state index contributed by atoms with van der Waals surface area (Å²) in [5.74, 6) is -2.64. The molecule has 2 aromatic rings. The van der Waals surface area contributed by atoms with Crippen LogP contribution < -0.4 is 5.32 Å². The van der Waals surface area contributed by atoms with Crippen LogP contribution in [-0.4, -0.2) is 54.4 Å². The first kappa shape index (κ1) is 28.1. The minimum atomic E-state index is -4.42. The zero-order valence-corrected chi connectivity index (χ0v) is 21.2. The van der Waals surface area contributed by atoms with Crippen molar-refractivity contribution < 1.29 is 27.2 Å². The molecule has 2 atom stereocenters. The van der Waals surface area contributed by atoms with Crippen LogP contribution in [0, 0.1) is 11.2 Å². The number of hydrogen-bond donors (Lipinski definition) is 1. The molecule has 1 aliphatic carbocycles. The molecule has 0 radical (unpaired) electrons. The topological polar surface area (TPSA) is 62.3 Å². The smallest absolute Gasteiger partial charge is 0.355 e. The number of carbonyl (C=O) groups is 2. The average molecular weight is 528 g/mol. The molecule has 1 fully saturated rings. The standard InChI is InChI=1S/C26H30ClF4N3O2/c1-4-21(35)19-6-5-17(23(27)24(19)28)13-18(34(2)3)15-33-22(36)14-20(16-7-11-32-12-8-16)25(9-10-25)26(29,30)31/h5-8,11-12,18,20H,4,9-10,13-15H2,1-3H3,(H,33,36)/t18-,20-/m0/s1. The Kier molecular flexibility index (Phi) is 8.77. The first-order valence-electron chi connectivity index (χ1n) is 11.8. The van der Waals surface area contributed by atoms with E-state index in [0.29, 0.717) is 11.1 Å². The molecule has 1 aliphatic rings. The van der Waals surface area contributed by atoms with Gasteiger partial charge in [0.25, 0.3) is 0 Å². The number of aromatic nitrogens is 1. The fourth-order valence-electron chi connectivity index (χ4n) is 4.53. The number of pyridine rings is 1. The predicted octanol–water partition coefficient (Wildman–Crippen LogP) is 5.57. The van der Waals surface area contributed by atoms with Gasteiger partial charge in [-0.15, -0.1) is 0 Å². The van der Waals surface area contributed by atoms with Crippen molar-refractivity contribution in [2.24, 2.45) is 5.41 Å². The van der Waals surface area contributed by atoms with Crippen LogP contribution in [0.3, 0.4) is 0 Å². The molecule has 1 N–H and O–H groups in total. The molecule has 196 valence electrons. The number of nitrogens with zero attached hydrogens (tertiary/aromatic N) is 2. The molecule has 1 heterocycles. The van der Waals surface area contributed by atoms with Crippen molar-refractivity contribution in [3.8, 4) is 0 Å². The van der Waals surface area contributed by atoms with Gasteiger partial charge in [0, 0.05) is 43.7 Å². The third-order valence-corrected chi connectivity index (χ3v) is 7.43. The molecule has 5 nitrogen and oxygen atoms in total. The summed E-state index contributed by atoms with van der Waals surface area (Å²) in [6.07, 6.45) is -1.49. The van der Waals surface area contributed by atoms with Gasteiger partial charge in [-0.05, 0) is 62.7 Å². The summed E-state index contributed by atoms with van der Waals surface area (Å²) < 4.78 is 56.3. The number of likely N-dealkylation sites (N-methyl/N-ethyl adjacent to an activating group) is 1. The van der Waals surface area contributed by atoms with Gasteiger partial charge in [-0.3, -0.25) is 14.6 Å². The lowest BCUT2D eigenvalue weighted by atomic mass is 9.80. The number of nitrogens with one attached hydrogen (secondary N) is 1. The maximum atomic E-state index is 14.7. The number of ketones is 1. The van der Waals surface area contributed by atoms with Gasteiger partial charge in [0.2, 0.25) is 5.91 Å². The molecule has 1 aromatic heterocycles. The molecule has 1 amide bonds. The van der Waals surface area contributed by atoms with Crippen LogP contribution in [0.1, 0.15) is 60.0 Å². The molecule has 0 bridgehead atoms. The summed E-state index contributed by atoms with van der Waals surface area (Å²) in [5.41, 5.74) is -1.07. The van der Waals surface area contributed by atoms with Crippen molar-refractivity contribution >= 4 is 23.3 Å². The van der Waals surface area contributed by atoms with Crippen molar-refractivity contribution in [1.29, 1.82) is 0 Å². The molecule has 0 aliphatic heterocycles. The van der Waals surface area contributed by atoms with Gasteiger partial charge in [0.05, 0.1) is 16.0 Å². The highest BCUT2D eigenvalue weighted by molar-refractivity contribution is 6.32. The average Bonchev–Trinajstić information content (AvgIpc) is 3.65. The van der Waals surface area contributed by atoms with E-state index in [9.17, 15) is 27.2 Å². The Morgan fingerprint density at radius 3 is 2.33 bits per heavy atom. The molecule has 0 saturated heterocycles. The zero-order valence-electron chi connectivity index (χ0n) is 20.5. The Morgan fingerprint density at radius 1 is 1.17 bits per heavy atom. The highest BCUT2D eigenvalue weighted by Gasteiger charge is 2.67. The number of Topliss-reactive ketones (excluding diaryl/α,β-unsaturated/α-hetero) is 1. The van der Waals surface area contributed by atoms with Crippen molar-refractivity contribution in [2.45, 2.75) is 57.2 Å². The molecule has 0 spiro atoms. The van der Waals surface area contributed by atoms with Crippen LogP contribution in [0.25, 0.3) is 0 Å². The van der Waals surface area contributed by atoms with Crippen molar-refractivity contribution in [3.05, 3.63) is 64.2 Å². The van der Waals surface area contributed by atoms with Gasteiger partial charge >= 0.3 is 6.18 Å². The monoisotopic (exact) mass is 527 g/mol. The Labute approximate surface area is 213 Å². The molecule has 1 aromatic carbocycles. The van der Waals surface area contributed by atoms with E-state index in [0.717, 1.165) is 0 Å². The Hall–Kier alpha value is -2.52. The maximum absolute atomic E-state index is 14.7. The fourth-order valence-corrected chi connectivity index (χ4v) is 4.77. The maximum Gasteiger partial charge on any atom is 0.395 e. The lowest BCUT2D eigenvalue weighted by Crippen LogP contribution is -2.42. The first-order valence-corrected chi connectivity index (χ1v) is 12.2. The van der Waals surface area contributed by atoms with Crippen LogP contribution in [0.4, 0.5) is 17.6 Å². The van der Waals surface area contributed by atoms with E-state index in [4.69, 9.17) is 11.6 Å². The van der Waals surface area contributed by atoms with Gasteiger partial charge in [-0.2, -0.15) is 13.2 Å². The second kappa shape index (κ2) is 11.3. The molecule has 0 unspecified atom stereocenters. The Morgan fingerprint density at radius 2 is 1.81 bits per heavy atom. The van der Waals surface area contributed by atoms with Crippen molar-refractivity contribution in [2.75, 3.05) is 20.6 Å². The van der Waals surface area contributed by atoms with Gasteiger partial charge in [0.1, 0.15) is 0 Å². The number of hydrogen-bond acceptors (Lipinski definition) is 4. The van der Waals surface area contributed by atoms with E-state index in [2.05, 4.69) is 10.3 Å². The van der Waals surface area contributed by atoms with E-state index >= 15 is 0 Å². The number of benzene rings is 1. The van der Waals surface area contributed by atoms with E-state index in [1.165, 1.54) is 30.6 Å². The summed E-state index contributed by atoms with van der Waals surface area (Å²) in [4.78, 5) is 30.4. The molecule has 36 heavy (non-hydrogen) atoms. The second-order valence-corrected chi connectivity index (χ2v) is 9.87. The minimum Gasteiger partial charge on any atom is -0.355 e. The van der Waals surface area contributed by atoms with Crippen LogP contribution in [0.15, 0.2) is 36.7 Å². The van der Waals surface area contributed by atoms with Crippen LogP contribution in [0.5, 0.6) is 0 Å². The molecular formula is C26H30ClF4N3O2. The fraction of sp³-hybridized carbons (Fsp3) is 0.500. The zero-order chi connectivity index (χ0) is 26.7. The SMILES string of the molecule is CCC(=O)c1ccc(C[C@@H](CNC(=O)C[C@@H](c2ccncc2)C2(C(F)(F)F)CC2)N(C)C)c(Cl)c1F. The highest BCUT2D eigenvalue weighted by atomic mass is 35.5. The summed E-state index contributed by atoms with van der Waals surface area (Å²) >= 11 is 6.20. The Bertz CT molecular complexity index is 1090. The minimum absolute atomic E-state index is 0.0162. The van der Waals surface area contributed by atoms with E-state index in [1.807, 2.05) is 4.90 Å². The lowest BCUT2D eigenvalue weighted by molar-refractivity contribution is -0.194. The summed E-state index contributed by atoms with van der Waals surface area (Å²) in [7, 11) is 3.55. The van der Waals surface area contributed by atoms with Crippen LogP contribution >= 0.6 is 11.6 Å². The third kappa shape index (κ3) is 6.06. The van der Waals surface area contributed by atoms with E-state index in [1.54, 1.807) is 27.1 Å². The van der Waals surface area contributed by atoms with Crippen molar-refractivity contribution in [1.82, 2.24) is 15.2 Å². The summed E-state index contributed by atoms with van der Waals surface area (Å²) in [6.45, 7) is 1.76. The van der Waals surface area contributed by atoms with E-state index < -0.39 is 29.2 Å². The molecular weight excluding hydrogens is 498 g/mol. The quantitative estimate of drug-likeness (QED) is 0.306. The van der Waals surface area contributed by atoms with Gasteiger partial charge in [-0.1, -0.05) is 24.6 Å². The number of rotatable bonds is 11. The van der Waals surface area contributed by atoms with Gasteiger partial charge in [-0.25, -0.2) is 4.39 Å². The number of halogens is 5. The lowest BCUT2D eigenvalue weighted by Gasteiger charge is -2.30. The molecule has 1 saturated carbocycles. The van der Waals surface area contributed by atoms with Crippen molar-refractivity contribution in [3.63, 3.8) is 0 Å². The Balaban J connectivity index is 1.71. The first-order chi connectivity index (χ1) is 16.9. The summed E-state index contributed by atoms with van der Waals surface area (Å²) in [6, 6.07) is 5.73. The summed E-state index contributed by atoms with van der Waals surface area (Å²) in [5, 5.41) is 2.61. The van der Waals surface area contributed by atoms with Crippen LogP contribution in [-0.2, 0) is 11.2 Å². The van der Waals surface area contributed by atoms with Crippen LogP contribution in [0.2, 0.25) is 5.02 Å². The number of amides is 1. The van der Waals surface area contributed by atoms with E-state index in [-0.39, 0.29) is 61.1 Å². The normalized spacial score (nSPS) is 16.5.